The maximum atomic E-state index is 12.5. The molecule has 2 unspecified atom stereocenters. The van der Waals surface area contributed by atoms with E-state index >= 15 is 0 Å². The van der Waals surface area contributed by atoms with Gasteiger partial charge in [0.2, 0.25) is 0 Å². The van der Waals surface area contributed by atoms with E-state index in [1.54, 1.807) is 24.0 Å². The molecular weight excluding hydrogens is 336 g/mol. The summed E-state index contributed by atoms with van der Waals surface area (Å²) in [5.41, 5.74) is 7.19. The quantitative estimate of drug-likeness (QED) is 0.518. The number of ether oxygens (including phenoxy) is 2. The second-order valence-electron chi connectivity index (χ2n) is 6.44. The summed E-state index contributed by atoms with van der Waals surface area (Å²) in [4.78, 5) is 36.7. The van der Waals surface area contributed by atoms with E-state index in [0.29, 0.717) is 12.1 Å². The summed E-state index contributed by atoms with van der Waals surface area (Å²) >= 11 is 0. The topological polar surface area (TPSA) is 102 Å². The molecule has 7 nitrogen and oxygen atoms in total. The van der Waals surface area contributed by atoms with Crippen molar-refractivity contribution in [3.05, 3.63) is 65.2 Å². The number of amides is 2. The zero-order chi connectivity index (χ0) is 18.5. The molecule has 1 saturated heterocycles. The second-order valence-corrected chi connectivity index (χ2v) is 6.44. The van der Waals surface area contributed by atoms with Gasteiger partial charge in [0.25, 0.3) is 5.91 Å². The van der Waals surface area contributed by atoms with Gasteiger partial charge in [0, 0.05) is 11.3 Å². The molecule has 2 heterocycles. The SMILES string of the molecule is CC1(c2ccc(N3Cc4ccccc4C3=O)cc2)OC1C(=O)OC(N)=O. The van der Waals surface area contributed by atoms with Crippen LogP contribution in [0, 0.1) is 0 Å². The molecule has 2 aromatic rings. The first-order valence-electron chi connectivity index (χ1n) is 8.09. The van der Waals surface area contributed by atoms with E-state index in [9.17, 15) is 14.4 Å². The smallest absolute Gasteiger partial charge is 0.374 e. The van der Waals surface area contributed by atoms with Gasteiger partial charge in [-0.15, -0.1) is 0 Å². The molecule has 2 aromatic carbocycles. The molecule has 0 saturated carbocycles. The minimum atomic E-state index is -1.16. The Bertz CT molecular complexity index is 924. The molecule has 0 aliphatic carbocycles. The summed E-state index contributed by atoms with van der Waals surface area (Å²) in [6.07, 6.45) is -2.03. The number of primary amides is 1. The van der Waals surface area contributed by atoms with Crippen LogP contribution in [0.5, 0.6) is 0 Å². The maximum absolute atomic E-state index is 12.5. The van der Waals surface area contributed by atoms with Crippen molar-refractivity contribution in [2.45, 2.75) is 25.2 Å². The average molecular weight is 352 g/mol. The number of carbonyl (C=O) groups is 3. The lowest BCUT2D eigenvalue weighted by molar-refractivity contribution is -0.138. The molecule has 2 N–H and O–H groups in total. The molecule has 7 heteroatoms. The fourth-order valence-electron chi connectivity index (χ4n) is 3.29. The Morgan fingerprint density at radius 2 is 1.88 bits per heavy atom. The lowest BCUT2D eigenvalue weighted by Gasteiger charge is -2.17. The van der Waals surface area contributed by atoms with Gasteiger partial charge in [-0.2, -0.15) is 0 Å². The van der Waals surface area contributed by atoms with E-state index in [1.807, 2.05) is 36.4 Å². The zero-order valence-corrected chi connectivity index (χ0v) is 14.0. The van der Waals surface area contributed by atoms with Crippen molar-refractivity contribution < 1.29 is 23.9 Å². The molecule has 2 aliphatic heterocycles. The van der Waals surface area contributed by atoms with E-state index in [4.69, 9.17) is 10.5 Å². The largest absolute Gasteiger partial charge is 0.412 e. The highest BCUT2D eigenvalue weighted by atomic mass is 16.7. The van der Waals surface area contributed by atoms with Gasteiger partial charge in [-0.05, 0) is 36.2 Å². The zero-order valence-electron chi connectivity index (χ0n) is 14.0. The van der Waals surface area contributed by atoms with E-state index < -0.39 is 23.8 Å². The molecule has 4 rings (SSSR count). The summed E-state index contributed by atoms with van der Waals surface area (Å²) in [6, 6.07) is 14.7. The van der Waals surface area contributed by atoms with E-state index in [1.165, 1.54) is 0 Å². The van der Waals surface area contributed by atoms with Gasteiger partial charge in [0.15, 0.2) is 6.10 Å². The third-order valence-corrected chi connectivity index (χ3v) is 4.79. The first-order chi connectivity index (χ1) is 12.4. The Morgan fingerprint density at radius 3 is 2.54 bits per heavy atom. The molecular formula is C19H16N2O5. The highest BCUT2D eigenvalue weighted by Gasteiger charge is 2.59. The number of carbonyl (C=O) groups excluding carboxylic acids is 3. The van der Waals surface area contributed by atoms with Crippen LogP contribution in [0.2, 0.25) is 0 Å². The summed E-state index contributed by atoms with van der Waals surface area (Å²) < 4.78 is 9.80. The molecule has 0 radical (unpaired) electrons. The summed E-state index contributed by atoms with van der Waals surface area (Å²) in [5, 5.41) is 0. The first-order valence-corrected chi connectivity index (χ1v) is 8.09. The van der Waals surface area contributed by atoms with Crippen molar-refractivity contribution in [3.8, 4) is 0 Å². The minimum absolute atomic E-state index is 0.0369. The van der Waals surface area contributed by atoms with Crippen molar-refractivity contribution in [2.24, 2.45) is 5.73 Å². The number of nitrogens with zero attached hydrogens (tertiary/aromatic N) is 1. The van der Waals surface area contributed by atoms with Crippen molar-refractivity contribution >= 4 is 23.7 Å². The van der Waals surface area contributed by atoms with Gasteiger partial charge >= 0.3 is 12.1 Å². The standard InChI is InChI=1S/C19H16N2O5/c1-19(15(26-19)17(23)25-18(20)24)12-6-8-13(9-7-12)21-10-11-4-2-3-5-14(11)16(21)22/h2-9,15H,10H2,1H3,(H2,20,24). The van der Waals surface area contributed by atoms with Crippen LogP contribution in [-0.4, -0.2) is 24.1 Å². The Labute approximate surface area is 149 Å². The summed E-state index contributed by atoms with van der Waals surface area (Å²) in [7, 11) is 0. The van der Waals surface area contributed by atoms with Crippen LogP contribution < -0.4 is 10.6 Å². The van der Waals surface area contributed by atoms with Crippen molar-refractivity contribution in [2.75, 3.05) is 4.90 Å². The molecule has 132 valence electrons. The van der Waals surface area contributed by atoms with Crippen LogP contribution in [0.25, 0.3) is 0 Å². The van der Waals surface area contributed by atoms with Crippen molar-refractivity contribution in [1.29, 1.82) is 0 Å². The normalized spacial score (nSPS) is 23.5. The van der Waals surface area contributed by atoms with Crippen molar-refractivity contribution in [3.63, 3.8) is 0 Å². The lowest BCUT2D eigenvalue weighted by atomic mass is 9.97. The van der Waals surface area contributed by atoms with Gasteiger partial charge in [0.1, 0.15) is 5.60 Å². The molecule has 2 aliphatic rings. The molecule has 26 heavy (non-hydrogen) atoms. The molecule has 1 fully saturated rings. The lowest BCUT2D eigenvalue weighted by Crippen LogP contribution is -2.25. The number of anilines is 1. The van der Waals surface area contributed by atoms with Crippen LogP contribution >= 0.6 is 0 Å². The third kappa shape index (κ3) is 2.53. The number of esters is 1. The van der Waals surface area contributed by atoms with Gasteiger partial charge in [-0.3, -0.25) is 4.79 Å². The van der Waals surface area contributed by atoms with Crippen LogP contribution in [0.3, 0.4) is 0 Å². The number of rotatable bonds is 3. The van der Waals surface area contributed by atoms with E-state index in [-0.39, 0.29) is 5.91 Å². The molecule has 2 atom stereocenters. The Balaban J connectivity index is 1.51. The number of hydrogen-bond donors (Lipinski definition) is 1. The number of fused-ring (bicyclic) bond motifs is 1. The highest BCUT2D eigenvalue weighted by Crippen LogP contribution is 2.47. The number of benzene rings is 2. The summed E-state index contributed by atoms with van der Waals surface area (Å²) in [6.45, 7) is 2.25. The highest BCUT2D eigenvalue weighted by molar-refractivity contribution is 6.10. The average Bonchev–Trinajstić information content (AvgIpc) is 3.22. The van der Waals surface area contributed by atoms with Gasteiger partial charge in [-0.25, -0.2) is 9.59 Å². The van der Waals surface area contributed by atoms with Crippen LogP contribution in [0.1, 0.15) is 28.4 Å². The van der Waals surface area contributed by atoms with Gasteiger partial charge in [-0.1, -0.05) is 30.3 Å². The Morgan fingerprint density at radius 1 is 1.19 bits per heavy atom. The third-order valence-electron chi connectivity index (χ3n) is 4.79. The predicted molar refractivity (Wildman–Crippen MR) is 91.3 cm³/mol. The fraction of sp³-hybridized carbons (Fsp3) is 0.211. The summed E-state index contributed by atoms with van der Waals surface area (Å²) in [5.74, 6) is -0.848. The van der Waals surface area contributed by atoms with Crippen LogP contribution in [0.15, 0.2) is 48.5 Å². The molecule has 0 bridgehead atoms. The Hall–Kier alpha value is -3.19. The van der Waals surface area contributed by atoms with Gasteiger partial charge < -0.3 is 20.1 Å². The first kappa shape index (κ1) is 16.3. The van der Waals surface area contributed by atoms with E-state index in [0.717, 1.165) is 16.8 Å². The maximum Gasteiger partial charge on any atom is 0.412 e. The predicted octanol–water partition coefficient (Wildman–Crippen LogP) is 2.08. The number of nitrogens with two attached hydrogens (primary N) is 1. The number of hydrogen-bond acceptors (Lipinski definition) is 5. The minimum Gasteiger partial charge on any atom is -0.374 e. The fourth-order valence-corrected chi connectivity index (χ4v) is 3.29. The van der Waals surface area contributed by atoms with E-state index in [2.05, 4.69) is 4.74 Å². The van der Waals surface area contributed by atoms with Crippen molar-refractivity contribution in [1.82, 2.24) is 0 Å². The molecule has 0 spiro atoms. The van der Waals surface area contributed by atoms with Gasteiger partial charge in [0.05, 0.1) is 6.54 Å². The number of epoxide rings is 1. The van der Waals surface area contributed by atoms with Crippen LogP contribution in [-0.2, 0) is 26.4 Å². The van der Waals surface area contributed by atoms with Crippen LogP contribution in [0.4, 0.5) is 10.5 Å². The second kappa shape index (κ2) is 5.67. The Kier molecular flexibility index (Phi) is 3.55. The monoisotopic (exact) mass is 352 g/mol. The molecule has 0 aromatic heterocycles. The molecule has 2 amide bonds.